The van der Waals surface area contributed by atoms with Crippen molar-refractivity contribution in [1.82, 2.24) is 4.90 Å². The zero-order chi connectivity index (χ0) is 15.4. The van der Waals surface area contributed by atoms with Gasteiger partial charge in [-0.2, -0.15) is 0 Å². The van der Waals surface area contributed by atoms with E-state index in [9.17, 15) is 9.59 Å². The molecule has 112 valence electrons. The van der Waals surface area contributed by atoms with E-state index in [-0.39, 0.29) is 5.91 Å². The summed E-state index contributed by atoms with van der Waals surface area (Å²) >= 11 is 0. The number of ether oxygens (including phenoxy) is 1. The lowest BCUT2D eigenvalue weighted by molar-refractivity contribution is -0.146. The molecule has 21 heavy (non-hydrogen) atoms. The third-order valence-electron chi connectivity index (χ3n) is 3.61. The highest BCUT2D eigenvalue weighted by Crippen LogP contribution is 2.22. The maximum absolute atomic E-state index is 12.2. The Morgan fingerprint density at radius 3 is 2.86 bits per heavy atom. The van der Waals surface area contributed by atoms with Crippen molar-refractivity contribution in [3.8, 4) is 5.75 Å². The first-order valence-corrected chi connectivity index (χ1v) is 6.89. The first-order valence-electron chi connectivity index (χ1n) is 6.89. The molecule has 2 rings (SSSR count). The largest absolute Gasteiger partial charge is 0.496 e. The van der Waals surface area contributed by atoms with Crippen molar-refractivity contribution < 1.29 is 19.4 Å². The Kier molecular flexibility index (Phi) is 4.62. The second kappa shape index (κ2) is 6.43. The average Bonchev–Trinajstić information content (AvgIpc) is 2.94. The van der Waals surface area contributed by atoms with Crippen LogP contribution in [0.15, 0.2) is 24.3 Å². The molecule has 1 saturated heterocycles. The second-order valence-corrected chi connectivity index (χ2v) is 5.11. The zero-order valence-corrected chi connectivity index (χ0v) is 12.2. The Labute approximate surface area is 123 Å². The van der Waals surface area contributed by atoms with Crippen LogP contribution < -0.4 is 4.74 Å². The van der Waals surface area contributed by atoms with E-state index >= 15 is 0 Å². The van der Waals surface area contributed by atoms with Gasteiger partial charge in [0.25, 0.3) is 0 Å². The highest BCUT2D eigenvalue weighted by Gasteiger charge is 2.32. The molecule has 0 bridgehead atoms. The summed E-state index contributed by atoms with van der Waals surface area (Å²) in [6.45, 7) is 2.45. The van der Waals surface area contributed by atoms with Crippen LogP contribution in [0.4, 0.5) is 0 Å². The molecule has 5 heteroatoms. The quantitative estimate of drug-likeness (QED) is 0.862. The van der Waals surface area contributed by atoms with Crippen LogP contribution in [0.1, 0.15) is 24.0 Å². The van der Waals surface area contributed by atoms with Crippen molar-refractivity contribution >= 4 is 18.0 Å². The van der Waals surface area contributed by atoms with Gasteiger partial charge in [0.15, 0.2) is 0 Å². The number of carbonyl (C=O) groups excluding carboxylic acids is 1. The summed E-state index contributed by atoms with van der Waals surface area (Å²) in [5.74, 6) is -0.535. The number of nitrogens with zero attached hydrogens (tertiary/aromatic N) is 1. The Morgan fingerprint density at radius 1 is 1.43 bits per heavy atom. The third kappa shape index (κ3) is 3.42. The molecule has 1 aromatic rings. The maximum Gasteiger partial charge on any atom is 0.326 e. The molecular formula is C16H19NO4. The maximum atomic E-state index is 12.2. The van der Waals surface area contributed by atoms with Crippen molar-refractivity contribution in [3.63, 3.8) is 0 Å². The van der Waals surface area contributed by atoms with Gasteiger partial charge in [-0.1, -0.05) is 11.6 Å². The Bertz CT molecular complexity index is 580. The average molecular weight is 289 g/mol. The van der Waals surface area contributed by atoms with Gasteiger partial charge in [-0.05, 0) is 38.0 Å². The lowest BCUT2D eigenvalue weighted by atomic mass is 10.1. The van der Waals surface area contributed by atoms with Crippen LogP contribution in [0.3, 0.4) is 0 Å². The minimum atomic E-state index is -0.942. The lowest BCUT2D eigenvalue weighted by Gasteiger charge is -2.19. The van der Waals surface area contributed by atoms with Crippen molar-refractivity contribution in [1.29, 1.82) is 0 Å². The summed E-state index contributed by atoms with van der Waals surface area (Å²) in [5, 5.41) is 9.10. The number of rotatable bonds is 4. The monoisotopic (exact) mass is 289 g/mol. The van der Waals surface area contributed by atoms with Crippen LogP contribution in [-0.2, 0) is 9.59 Å². The molecular weight excluding hydrogens is 270 g/mol. The van der Waals surface area contributed by atoms with Crippen LogP contribution in [0.5, 0.6) is 5.75 Å². The van der Waals surface area contributed by atoms with E-state index in [2.05, 4.69) is 0 Å². The van der Waals surface area contributed by atoms with E-state index in [1.807, 2.05) is 25.1 Å². The number of methoxy groups -OCH3 is 1. The van der Waals surface area contributed by atoms with E-state index in [0.717, 1.165) is 17.5 Å². The third-order valence-corrected chi connectivity index (χ3v) is 3.61. The summed E-state index contributed by atoms with van der Waals surface area (Å²) in [5.41, 5.74) is 1.87. The van der Waals surface area contributed by atoms with E-state index in [0.29, 0.717) is 18.7 Å². The molecule has 1 N–H and O–H groups in total. The molecule has 1 fully saturated rings. The topological polar surface area (TPSA) is 66.8 Å². The Balaban J connectivity index is 2.15. The number of amides is 1. The number of aryl methyl sites for hydroxylation is 1. The Morgan fingerprint density at radius 2 is 2.19 bits per heavy atom. The van der Waals surface area contributed by atoms with Crippen molar-refractivity contribution in [2.75, 3.05) is 13.7 Å². The van der Waals surface area contributed by atoms with Gasteiger partial charge in [0.1, 0.15) is 11.8 Å². The number of aliphatic carboxylic acids is 1. The lowest BCUT2D eigenvalue weighted by Crippen LogP contribution is -2.39. The van der Waals surface area contributed by atoms with E-state index in [1.54, 1.807) is 13.2 Å². The molecule has 0 aliphatic carbocycles. The predicted molar refractivity (Wildman–Crippen MR) is 79.1 cm³/mol. The van der Waals surface area contributed by atoms with Crippen molar-refractivity contribution in [2.24, 2.45) is 0 Å². The molecule has 1 aromatic carbocycles. The highest BCUT2D eigenvalue weighted by atomic mass is 16.5. The van der Waals surface area contributed by atoms with Gasteiger partial charge in [0, 0.05) is 18.2 Å². The highest BCUT2D eigenvalue weighted by molar-refractivity contribution is 5.95. The van der Waals surface area contributed by atoms with Gasteiger partial charge in [-0.3, -0.25) is 4.79 Å². The fourth-order valence-corrected chi connectivity index (χ4v) is 2.53. The van der Waals surface area contributed by atoms with Gasteiger partial charge in [-0.25, -0.2) is 4.79 Å². The molecule has 0 saturated carbocycles. The number of carboxylic acids is 1. The summed E-state index contributed by atoms with van der Waals surface area (Å²) in [4.78, 5) is 24.7. The van der Waals surface area contributed by atoms with Crippen molar-refractivity contribution in [2.45, 2.75) is 25.8 Å². The predicted octanol–water partition coefficient (Wildman–Crippen LogP) is 2.09. The molecule has 1 atom stereocenters. The fraction of sp³-hybridized carbons (Fsp3) is 0.375. The summed E-state index contributed by atoms with van der Waals surface area (Å²) in [6, 6.07) is 4.98. The molecule has 0 spiro atoms. The normalized spacial score (nSPS) is 18.2. The van der Waals surface area contributed by atoms with E-state index < -0.39 is 12.0 Å². The van der Waals surface area contributed by atoms with Crippen LogP contribution in [-0.4, -0.2) is 41.6 Å². The molecule has 0 aromatic heterocycles. The molecule has 0 radical (unpaired) electrons. The van der Waals surface area contributed by atoms with Gasteiger partial charge >= 0.3 is 5.97 Å². The van der Waals surface area contributed by atoms with E-state index in [4.69, 9.17) is 9.84 Å². The van der Waals surface area contributed by atoms with Crippen LogP contribution in [0.2, 0.25) is 0 Å². The summed E-state index contributed by atoms with van der Waals surface area (Å²) in [6.07, 6.45) is 4.33. The molecule has 1 heterocycles. The Hall–Kier alpha value is -2.30. The molecule has 5 nitrogen and oxygen atoms in total. The van der Waals surface area contributed by atoms with Gasteiger partial charge in [0.2, 0.25) is 5.91 Å². The summed E-state index contributed by atoms with van der Waals surface area (Å²) in [7, 11) is 1.57. The van der Waals surface area contributed by atoms with Gasteiger partial charge in [0.05, 0.1) is 7.11 Å². The molecule has 1 unspecified atom stereocenters. The SMILES string of the molecule is COc1ccc(C)cc1/C=C/C(=O)N1CCCC1C(=O)O. The fourth-order valence-electron chi connectivity index (χ4n) is 2.53. The molecule has 1 aliphatic rings. The zero-order valence-electron chi connectivity index (χ0n) is 12.2. The van der Waals surface area contributed by atoms with Crippen LogP contribution in [0, 0.1) is 6.92 Å². The minimum absolute atomic E-state index is 0.275. The first-order chi connectivity index (χ1) is 10.0. The van der Waals surface area contributed by atoms with Gasteiger partial charge in [-0.15, -0.1) is 0 Å². The second-order valence-electron chi connectivity index (χ2n) is 5.11. The molecule has 1 aliphatic heterocycles. The molecule has 1 amide bonds. The minimum Gasteiger partial charge on any atom is -0.496 e. The number of hydrogen-bond donors (Lipinski definition) is 1. The van der Waals surface area contributed by atoms with Gasteiger partial charge < -0.3 is 14.7 Å². The number of hydrogen-bond acceptors (Lipinski definition) is 3. The number of benzene rings is 1. The smallest absolute Gasteiger partial charge is 0.326 e. The standard InChI is InChI=1S/C16H19NO4/c1-11-5-7-14(21-2)12(10-11)6-8-15(18)17-9-3-4-13(17)16(19)20/h5-8,10,13H,3-4,9H2,1-2H3,(H,19,20)/b8-6+. The van der Waals surface area contributed by atoms with Crippen LogP contribution in [0.25, 0.3) is 6.08 Å². The number of carbonyl (C=O) groups is 2. The van der Waals surface area contributed by atoms with Crippen LogP contribution >= 0.6 is 0 Å². The summed E-state index contributed by atoms with van der Waals surface area (Å²) < 4.78 is 5.25. The number of likely N-dealkylation sites (tertiary alicyclic amines) is 1. The first kappa shape index (κ1) is 15.1. The number of carboxylic acid groups (broad SMARTS) is 1. The van der Waals surface area contributed by atoms with E-state index in [1.165, 1.54) is 11.0 Å². The van der Waals surface area contributed by atoms with Crippen molar-refractivity contribution in [3.05, 3.63) is 35.4 Å².